The predicted octanol–water partition coefficient (Wildman–Crippen LogP) is 4.88. The second-order valence-corrected chi connectivity index (χ2v) is 12.4. The topological polar surface area (TPSA) is 71.5 Å². The smallest absolute Gasteiger partial charge is 0.233 e. The standard InChI is InChI=1S/C28H28ClN3O3S/c1-15-7-16(29)8-21(20(15)9-17-12-30-14-28(35-17)4-2-5-28)19-3-6-31-24-10-18(36-25(19)24)13-32-26(33)22-11-23(22)27(32)34/h3,6-8,10,17,22-23,30H,2,4-5,9,11-14H2,1H3. The zero-order valence-corrected chi connectivity index (χ0v) is 21.8. The maximum absolute atomic E-state index is 12.5. The van der Waals surface area contributed by atoms with Gasteiger partial charge in [0, 0.05) is 41.2 Å². The van der Waals surface area contributed by atoms with E-state index in [1.165, 1.54) is 16.9 Å². The molecule has 4 aliphatic rings. The van der Waals surface area contributed by atoms with Crippen molar-refractivity contribution in [2.75, 3.05) is 13.1 Å². The molecule has 0 bridgehead atoms. The van der Waals surface area contributed by atoms with E-state index in [1.54, 1.807) is 11.3 Å². The number of piperidine rings is 1. The van der Waals surface area contributed by atoms with Crippen LogP contribution >= 0.6 is 22.9 Å². The largest absolute Gasteiger partial charge is 0.369 e. The Morgan fingerprint density at radius 1 is 1.19 bits per heavy atom. The highest BCUT2D eigenvalue weighted by Crippen LogP contribution is 2.48. The fraction of sp³-hybridized carbons (Fsp3) is 0.464. The minimum atomic E-state index is -0.0758. The second kappa shape index (κ2) is 8.35. The second-order valence-electron chi connectivity index (χ2n) is 10.9. The zero-order valence-electron chi connectivity index (χ0n) is 20.2. The minimum Gasteiger partial charge on any atom is -0.369 e. The lowest BCUT2D eigenvalue weighted by Gasteiger charge is -2.48. The van der Waals surface area contributed by atoms with Crippen molar-refractivity contribution >= 4 is 45.0 Å². The van der Waals surface area contributed by atoms with Crippen LogP contribution in [0.3, 0.4) is 0 Å². The van der Waals surface area contributed by atoms with E-state index in [9.17, 15) is 9.59 Å². The highest BCUT2D eigenvalue weighted by Gasteiger charge is 2.58. The molecule has 6 nitrogen and oxygen atoms in total. The molecular weight excluding hydrogens is 494 g/mol. The van der Waals surface area contributed by atoms with Crippen molar-refractivity contribution in [3.63, 3.8) is 0 Å². The Bertz CT molecular complexity index is 1390. The number of carbonyl (C=O) groups is 2. The minimum absolute atomic E-state index is 0.0149. The van der Waals surface area contributed by atoms with Crippen molar-refractivity contribution in [3.8, 4) is 11.1 Å². The molecule has 0 radical (unpaired) electrons. The van der Waals surface area contributed by atoms with E-state index in [2.05, 4.69) is 23.3 Å². The fourth-order valence-electron chi connectivity index (χ4n) is 6.23. The molecular formula is C28H28ClN3O3S. The molecule has 2 aromatic heterocycles. The molecule has 36 heavy (non-hydrogen) atoms. The van der Waals surface area contributed by atoms with E-state index >= 15 is 0 Å². The molecule has 1 aromatic carbocycles. The van der Waals surface area contributed by atoms with Crippen molar-refractivity contribution in [2.45, 2.75) is 57.3 Å². The summed E-state index contributed by atoms with van der Waals surface area (Å²) in [5, 5.41) is 4.31. The first-order valence-electron chi connectivity index (χ1n) is 12.8. The van der Waals surface area contributed by atoms with Gasteiger partial charge in [-0.05, 0) is 73.6 Å². The quantitative estimate of drug-likeness (QED) is 0.484. The van der Waals surface area contributed by atoms with Gasteiger partial charge in [-0.1, -0.05) is 11.6 Å². The van der Waals surface area contributed by atoms with Gasteiger partial charge in [0.15, 0.2) is 0 Å². The zero-order chi connectivity index (χ0) is 24.6. The number of amides is 2. The van der Waals surface area contributed by atoms with Crippen molar-refractivity contribution in [1.29, 1.82) is 0 Å². The number of hydrogen-bond donors (Lipinski definition) is 1. The number of aromatic nitrogens is 1. The molecule has 7 rings (SSSR count). The van der Waals surface area contributed by atoms with Crippen LogP contribution in [0.25, 0.3) is 21.3 Å². The third-order valence-corrected chi connectivity index (χ3v) is 9.75. The Morgan fingerprint density at radius 2 is 2.00 bits per heavy atom. The molecule has 3 unspecified atom stereocenters. The highest BCUT2D eigenvalue weighted by molar-refractivity contribution is 7.19. The summed E-state index contributed by atoms with van der Waals surface area (Å²) in [4.78, 5) is 32.0. The molecule has 2 saturated carbocycles. The first-order chi connectivity index (χ1) is 17.4. The summed E-state index contributed by atoms with van der Waals surface area (Å²) in [5.41, 5.74) is 5.48. The Kier molecular flexibility index (Phi) is 5.30. The maximum atomic E-state index is 12.5. The van der Waals surface area contributed by atoms with Gasteiger partial charge in [0.2, 0.25) is 11.8 Å². The summed E-state index contributed by atoms with van der Waals surface area (Å²) in [5.74, 6) is -0.191. The lowest BCUT2D eigenvalue weighted by Crippen LogP contribution is -2.57. The number of pyridine rings is 1. The number of halogens is 1. The first kappa shape index (κ1) is 22.8. The average Bonchev–Trinajstić information content (AvgIpc) is 3.48. The normalized spacial score (nSPS) is 26.5. The van der Waals surface area contributed by atoms with Crippen molar-refractivity contribution in [2.24, 2.45) is 11.8 Å². The summed E-state index contributed by atoms with van der Waals surface area (Å²) in [6.07, 6.45) is 7.00. The Morgan fingerprint density at radius 3 is 2.75 bits per heavy atom. The number of nitrogens with zero attached hydrogens (tertiary/aromatic N) is 2. The van der Waals surface area contributed by atoms with Crippen LogP contribution in [-0.2, 0) is 27.3 Å². The van der Waals surface area contributed by atoms with E-state index in [-0.39, 0.29) is 35.4 Å². The molecule has 186 valence electrons. The number of ether oxygens (including phenoxy) is 1. The van der Waals surface area contributed by atoms with Gasteiger partial charge in [0.25, 0.3) is 0 Å². The van der Waals surface area contributed by atoms with Crippen LogP contribution in [0, 0.1) is 18.8 Å². The number of thiophene rings is 1. The van der Waals surface area contributed by atoms with Crippen LogP contribution in [0.4, 0.5) is 0 Å². The van der Waals surface area contributed by atoms with E-state index < -0.39 is 0 Å². The summed E-state index contributed by atoms with van der Waals surface area (Å²) < 4.78 is 7.67. The van der Waals surface area contributed by atoms with Crippen LogP contribution in [0.2, 0.25) is 5.02 Å². The molecule has 3 atom stereocenters. The number of fused-ring (bicyclic) bond motifs is 2. The lowest BCUT2D eigenvalue weighted by molar-refractivity contribution is -0.156. The molecule has 4 heterocycles. The lowest BCUT2D eigenvalue weighted by atomic mass is 9.78. The first-order valence-corrected chi connectivity index (χ1v) is 14.0. The number of aryl methyl sites for hydroxylation is 1. The SMILES string of the molecule is Cc1cc(Cl)cc(-c2ccnc3cc(CN4C(=O)C5CC5C4=O)sc23)c1CC1CNCC2(CCC2)O1. The van der Waals surface area contributed by atoms with Crippen LogP contribution in [0.5, 0.6) is 0 Å². The Balaban J connectivity index is 1.23. The van der Waals surface area contributed by atoms with Crippen molar-refractivity contribution in [3.05, 3.63) is 51.5 Å². The maximum Gasteiger partial charge on any atom is 0.233 e. The van der Waals surface area contributed by atoms with E-state index in [1.807, 2.05) is 24.4 Å². The predicted molar refractivity (Wildman–Crippen MR) is 140 cm³/mol. The molecule has 2 aliphatic heterocycles. The highest BCUT2D eigenvalue weighted by atomic mass is 35.5. The van der Waals surface area contributed by atoms with Gasteiger partial charge in [-0.15, -0.1) is 11.3 Å². The molecule has 2 amide bonds. The van der Waals surface area contributed by atoms with Gasteiger partial charge in [0.05, 0.1) is 40.3 Å². The molecule has 1 N–H and O–H groups in total. The molecule has 2 aliphatic carbocycles. The Labute approximate surface area is 219 Å². The third-order valence-electron chi connectivity index (χ3n) is 8.39. The van der Waals surface area contributed by atoms with Crippen molar-refractivity contribution in [1.82, 2.24) is 15.2 Å². The van der Waals surface area contributed by atoms with Crippen LogP contribution < -0.4 is 5.32 Å². The van der Waals surface area contributed by atoms with E-state index in [4.69, 9.17) is 16.3 Å². The van der Waals surface area contributed by atoms with Gasteiger partial charge < -0.3 is 10.1 Å². The van der Waals surface area contributed by atoms with Gasteiger partial charge in [-0.25, -0.2) is 0 Å². The molecule has 2 saturated heterocycles. The van der Waals surface area contributed by atoms with Gasteiger partial charge in [-0.2, -0.15) is 0 Å². The van der Waals surface area contributed by atoms with Crippen LogP contribution in [0.1, 0.15) is 41.7 Å². The van der Waals surface area contributed by atoms with Crippen LogP contribution in [0.15, 0.2) is 30.5 Å². The number of imide groups is 1. The summed E-state index contributed by atoms with van der Waals surface area (Å²) in [6, 6.07) is 8.14. The monoisotopic (exact) mass is 521 g/mol. The molecule has 4 fully saturated rings. The number of benzene rings is 1. The number of likely N-dealkylation sites (tertiary alicyclic amines) is 1. The molecule has 3 aromatic rings. The summed E-state index contributed by atoms with van der Waals surface area (Å²) in [7, 11) is 0. The van der Waals surface area contributed by atoms with Crippen LogP contribution in [-0.4, -0.2) is 46.5 Å². The Hall–Kier alpha value is -2.32. The van der Waals surface area contributed by atoms with E-state index in [0.29, 0.717) is 11.6 Å². The number of rotatable bonds is 5. The summed E-state index contributed by atoms with van der Waals surface area (Å²) in [6.45, 7) is 4.24. The van der Waals surface area contributed by atoms with Gasteiger partial charge in [0.1, 0.15) is 0 Å². The van der Waals surface area contributed by atoms with Gasteiger partial charge in [-0.3, -0.25) is 19.5 Å². The average molecular weight is 522 g/mol. The van der Waals surface area contributed by atoms with Crippen molar-refractivity contribution < 1.29 is 14.3 Å². The van der Waals surface area contributed by atoms with Gasteiger partial charge >= 0.3 is 0 Å². The fourth-order valence-corrected chi connectivity index (χ4v) is 7.63. The number of morpholine rings is 1. The third kappa shape index (κ3) is 3.71. The number of nitrogens with one attached hydrogen (secondary N) is 1. The molecule has 8 heteroatoms. The summed E-state index contributed by atoms with van der Waals surface area (Å²) >= 11 is 8.18. The number of carbonyl (C=O) groups excluding carboxylic acids is 2. The number of hydrogen-bond acceptors (Lipinski definition) is 6. The van der Waals surface area contributed by atoms with E-state index in [0.717, 1.165) is 70.6 Å². The molecule has 1 spiro atoms.